The summed E-state index contributed by atoms with van der Waals surface area (Å²) in [6.45, 7) is 0.731. The fraction of sp³-hybridized carbons (Fsp3) is 0.250. The summed E-state index contributed by atoms with van der Waals surface area (Å²) in [7, 11) is 4.77. The van der Waals surface area contributed by atoms with Gasteiger partial charge in [0.15, 0.2) is 22.5 Å². The first-order valence-electron chi connectivity index (χ1n) is 15.6. The number of hydrazone groups is 1. The van der Waals surface area contributed by atoms with Gasteiger partial charge in [-0.1, -0.05) is 60.3 Å². The number of aromatic nitrogens is 3. The van der Waals surface area contributed by atoms with E-state index in [1.807, 2.05) is 58.5 Å². The second-order valence-electron chi connectivity index (χ2n) is 11.1. The van der Waals surface area contributed by atoms with Gasteiger partial charge < -0.3 is 24.1 Å². The zero-order valence-corrected chi connectivity index (χ0v) is 29.0. The first-order valence-corrected chi connectivity index (χ1v) is 17.5. The zero-order chi connectivity index (χ0) is 34.2. The number of para-hydroxylation sites is 1. The lowest BCUT2D eigenvalue weighted by molar-refractivity contribution is -0.130. The Morgan fingerprint density at radius 3 is 2.45 bits per heavy atom. The van der Waals surface area contributed by atoms with Crippen LogP contribution in [-0.2, 0) is 24.3 Å². The van der Waals surface area contributed by atoms with Gasteiger partial charge in [-0.25, -0.2) is 5.01 Å². The zero-order valence-electron chi connectivity index (χ0n) is 27.4. The molecular formula is C36H36N6O5S2. The number of rotatable bonds is 14. The lowest BCUT2D eigenvalue weighted by Gasteiger charge is -2.24. The smallest absolute Gasteiger partial charge is 0.253 e. The summed E-state index contributed by atoms with van der Waals surface area (Å²) in [4.78, 5) is 27.9. The number of aryl methyl sites for hydroxylation is 1. The van der Waals surface area contributed by atoms with Crippen LogP contribution in [-0.4, -0.2) is 64.4 Å². The number of nitrogens with zero attached hydrogens (tertiary/aromatic N) is 5. The minimum atomic E-state index is -0.380. The van der Waals surface area contributed by atoms with Gasteiger partial charge >= 0.3 is 0 Å². The number of hydrogen-bond acceptors (Lipinski definition) is 10. The van der Waals surface area contributed by atoms with E-state index in [2.05, 4.69) is 27.6 Å². The van der Waals surface area contributed by atoms with Crippen LogP contribution >= 0.6 is 23.1 Å². The van der Waals surface area contributed by atoms with E-state index in [1.54, 1.807) is 61.9 Å². The largest absolute Gasteiger partial charge is 0.497 e. The lowest BCUT2D eigenvalue weighted by Crippen LogP contribution is -2.29. The fourth-order valence-electron chi connectivity index (χ4n) is 5.61. The molecule has 2 amide bonds. The van der Waals surface area contributed by atoms with E-state index in [0.29, 0.717) is 46.8 Å². The van der Waals surface area contributed by atoms with Crippen molar-refractivity contribution in [3.8, 4) is 17.2 Å². The summed E-state index contributed by atoms with van der Waals surface area (Å²) < 4.78 is 18.5. The first kappa shape index (κ1) is 33.7. The summed E-state index contributed by atoms with van der Waals surface area (Å²) in [5, 5.41) is 20.8. The molecule has 49 heavy (non-hydrogen) atoms. The minimum absolute atomic E-state index is 0.0751. The molecule has 0 saturated heterocycles. The Hall–Kier alpha value is -5.14. The molecule has 1 N–H and O–H groups in total. The molecule has 1 atom stereocenters. The van der Waals surface area contributed by atoms with Crippen molar-refractivity contribution in [1.29, 1.82) is 0 Å². The van der Waals surface area contributed by atoms with Crippen LogP contribution in [0.5, 0.6) is 17.2 Å². The molecule has 11 nitrogen and oxygen atoms in total. The Bertz CT molecular complexity index is 1910. The van der Waals surface area contributed by atoms with Crippen LogP contribution in [0.4, 0.5) is 0 Å². The third-order valence-corrected chi connectivity index (χ3v) is 9.98. The van der Waals surface area contributed by atoms with Crippen molar-refractivity contribution < 1.29 is 23.8 Å². The van der Waals surface area contributed by atoms with Crippen LogP contribution in [0.15, 0.2) is 101 Å². The second-order valence-corrected chi connectivity index (χ2v) is 12.9. The standard InChI is InChI=1S/C36H36N6O5S2/c1-45-26-16-14-25(15-17-26)35(44)37-22-32-38-39-36(41(32)19-18-24-9-5-4-6-10-24)49-23-33(43)42-29(21-28(40-42)31-13-8-20-48-31)27-11-7-12-30(46-2)34(27)47-3/h4-17,20,29H,18-19,21-23H2,1-3H3,(H,37,44)/t29-/m1/s1. The minimum Gasteiger partial charge on any atom is -0.497 e. The summed E-state index contributed by atoms with van der Waals surface area (Å²) in [6.07, 6.45) is 1.25. The Kier molecular flexibility index (Phi) is 10.9. The van der Waals surface area contributed by atoms with Crippen molar-refractivity contribution in [3.05, 3.63) is 118 Å². The van der Waals surface area contributed by atoms with Crippen molar-refractivity contribution >= 4 is 40.6 Å². The number of hydrogen-bond donors (Lipinski definition) is 1. The van der Waals surface area contributed by atoms with E-state index in [4.69, 9.17) is 19.3 Å². The molecule has 0 fully saturated rings. The monoisotopic (exact) mass is 696 g/mol. The van der Waals surface area contributed by atoms with Gasteiger partial charge in [-0.15, -0.1) is 21.5 Å². The number of nitrogens with one attached hydrogen (secondary N) is 1. The highest BCUT2D eigenvalue weighted by Crippen LogP contribution is 2.42. The van der Waals surface area contributed by atoms with Gasteiger partial charge in [0.25, 0.3) is 11.8 Å². The predicted octanol–water partition coefficient (Wildman–Crippen LogP) is 6.01. The molecular weight excluding hydrogens is 661 g/mol. The van der Waals surface area contributed by atoms with Crippen LogP contribution in [0.3, 0.4) is 0 Å². The SMILES string of the molecule is COc1ccc(C(=O)NCc2nnc(SCC(=O)N3N=C(c4cccs4)C[C@@H]3c3cccc(OC)c3OC)n2CCc2ccccc2)cc1. The maximum atomic E-state index is 14.0. The summed E-state index contributed by atoms with van der Waals surface area (Å²) in [5.74, 6) is 2.08. The molecule has 1 aliphatic rings. The molecule has 0 saturated carbocycles. The highest BCUT2D eigenvalue weighted by atomic mass is 32.2. The molecule has 0 radical (unpaired) electrons. The van der Waals surface area contributed by atoms with Crippen LogP contribution in [0.1, 0.15) is 44.6 Å². The number of methoxy groups -OCH3 is 3. The van der Waals surface area contributed by atoms with Crippen molar-refractivity contribution in [2.24, 2.45) is 5.10 Å². The molecule has 6 rings (SSSR count). The second kappa shape index (κ2) is 15.8. The van der Waals surface area contributed by atoms with Crippen molar-refractivity contribution in [3.63, 3.8) is 0 Å². The van der Waals surface area contributed by atoms with Crippen LogP contribution in [0, 0.1) is 0 Å². The third-order valence-electron chi connectivity index (χ3n) is 8.11. The van der Waals surface area contributed by atoms with E-state index in [9.17, 15) is 9.59 Å². The van der Waals surface area contributed by atoms with E-state index < -0.39 is 0 Å². The molecule has 0 spiro atoms. The maximum Gasteiger partial charge on any atom is 0.253 e. The summed E-state index contributed by atoms with van der Waals surface area (Å²) in [5.41, 5.74) is 3.31. The molecule has 3 heterocycles. The Morgan fingerprint density at radius 2 is 1.73 bits per heavy atom. The molecule has 5 aromatic rings. The van der Waals surface area contributed by atoms with E-state index in [-0.39, 0.29) is 30.2 Å². The predicted molar refractivity (Wildman–Crippen MR) is 190 cm³/mol. The molecule has 13 heteroatoms. The van der Waals surface area contributed by atoms with Gasteiger partial charge in [-0.3, -0.25) is 9.59 Å². The van der Waals surface area contributed by atoms with E-state index in [0.717, 1.165) is 28.1 Å². The third kappa shape index (κ3) is 7.79. The Morgan fingerprint density at radius 1 is 0.918 bits per heavy atom. The molecule has 0 aliphatic carbocycles. The molecule has 0 unspecified atom stereocenters. The van der Waals surface area contributed by atoms with E-state index in [1.165, 1.54) is 11.8 Å². The average molecular weight is 697 g/mol. The van der Waals surface area contributed by atoms with Gasteiger partial charge in [0.1, 0.15) is 5.75 Å². The van der Waals surface area contributed by atoms with Crippen molar-refractivity contribution in [1.82, 2.24) is 25.1 Å². The first-order chi connectivity index (χ1) is 24.0. The number of amides is 2. The highest BCUT2D eigenvalue weighted by molar-refractivity contribution is 7.99. The molecule has 252 valence electrons. The topological polar surface area (TPSA) is 120 Å². The van der Waals surface area contributed by atoms with Gasteiger partial charge in [0.2, 0.25) is 0 Å². The van der Waals surface area contributed by atoms with Crippen LogP contribution < -0.4 is 19.5 Å². The average Bonchev–Trinajstić information content (AvgIpc) is 3.92. The molecule has 0 bridgehead atoms. The van der Waals surface area contributed by atoms with Crippen molar-refractivity contribution in [2.45, 2.75) is 37.1 Å². The van der Waals surface area contributed by atoms with Gasteiger partial charge in [0.05, 0.1) is 50.3 Å². The highest BCUT2D eigenvalue weighted by Gasteiger charge is 2.36. The number of thioether (sulfide) groups is 1. The normalized spacial score (nSPS) is 14.0. The molecule has 3 aromatic carbocycles. The lowest BCUT2D eigenvalue weighted by atomic mass is 9.99. The number of ether oxygens (including phenoxy) is 3. The van der Waals surface area contributed by atoms with Crippen LogP contribution in [0.2, 0.25) is 0 Å². The number of thiophene rings is 1. The summed E-state index contributed by atoms with van der Waals surface area (Å²) in [6, 6.07) is 26.3. The Balaban J connectivity index is 1.22. The van der Waals surface area contributed by atoms with Gasteiger partial charge in [-0.2, -0.15) is 5.10 Å². The fourth-order valence-corrected chi connectivity index (χ4v) is 7.17. The number of carbonyl (C=O) groups excluding carboxylic acids is 2. The van der Waals surface area contributed by atoms with Gasteiger partial charge in [0, 0.05) is 24.1 Å². The quantitative estimate of drug-likeness (QED) is 0.140. The summed E-state index contributed by atoms with van der Waals surface area (Å²) >= 11 is 2.88. The van der Waals surface area contributed by atoms with Crippen molar-refractivity contribution in [2.75, 3.05) is 27.1 Å². The number of carbonyl (C=O) groups is 2. The molecule has 1 aliphatic heterocycles. The van der Waals surface area contributed by atoms with E-state index >= 15 is 0 Å². The van der Waals surface area contributed by atoms with Gasteiger partial charge in [-0.05, 0) is 53.8 Å². The number of benzene rings is 3. The maximum absolute atomic E-state index is 14.0. The molecule has 2 aromatic heterocycles. The Labute approximate surface area is 292 Å². The van der Waals surface area contributed by atoms with Crippen LogP contribution in [0.25, 0.3) is 0 Å².